The Labute approximate surface area is 138 Å². The van der Waals surface area contributed by atoms with Crippen molar-refractivity contribution in [1.82, 2.24) is 14.8 Å². The van der Waals surface area contributed by atoms with Crippen molar-refractivity contribution in [2.24, 2.45) is 0 Å². The zero-order chi connectivity index (χ0) is 14.9. The highest BCUT2D eigenvalue weighted by atomic mass is 32.1. The SMILES string of the molecule is C[C@@H]1CCCCN1C1CN(Cc2cnc(N3CCCC3)s2)C1. The van der Waals surface area contributed by atoms with Crippen molar-refractivity contribution in [3.05, 3.63) is 11.1 Å². The van der Waals surface area contributed by atoms with Crippen LogP contribution in [-0.4, -0.2) is 59.6 Å². The van der Waals surface area contributed by atoms with E-state index in [4.69, 9.17) is 0 Å². The van der Waals surface area contributed by atoms with E-state index in [0.29, 0.717) is 0 Å². The molecule has 0 unspecified atom stereocenters. The van der Waals surface area contributed by atoms with Crippen LogP contribution in [0.2, 0.25) is 0 Å². The number of nitrogens with zero attached hydrogens (tertiary/aromatic N) is 4. The molecule has 0 spiro atoms. The number of rotatable bonds is 4. The average molecular weight is 321 g/mol. The normalized spacial score (nSPS) is 28.2. The lowest BCUT2D eigenvalue weighted by molar-refractivity contribution is -0.00577. The molecule has 4 heterocycles. The number of likely N-dealkylation sites (tertiary alicyclic amines) is 2. The summed E-state index contributed by atoms with van der Waals surface area (Å²) in [5.41, 5.74) is 0. The first-order valence-electron chi connectivity index (χ1n) is 8.97. The van der Waals surface area contributed by atoms with Crippen molar-refractivity contribution in [3.8, 4) is 0 Å². The molecule has 1 aromatic rings. The highest BCUT2D eigenvalue weighted by Crippen LogP contribution is 2.29. The summed E-state index contributed by atoms with van der Waals surface area (Å²) in [4.78, 5) is 13.9. The molecule has 4 rings (SSSR count). The third-order valence-electron chi connectivity index (χ3n) is 5.56. The topological polar surface area (TPSA) is 22.6 Å². The molecule has 3 aliphatic heterocycles. The number of hydrogen-bond acceptors (Lipinski definition) is 5. The van der Waals surface area contributed by atoms with E-state index >= 15 is 0 Å². The fourth-order valence-corrected chi connectivity index (χ4v) is 5.19. The van der Waals surface area contributed by atoms with Crippen LogP contribution in [0.1, 0.15) is 43.9 Å². The van der Waals surface area contributed by atoms with E-state index < -0.39 is 0 Å². The van der Waals surface area contributed by atoms with Gasteiger partial charge in [0.25, 0.3) is 0 Å². The monoisotopic (exact) mass is 320 g/mol. The standard InChI is InChI=1S/C17H28N4S/c1-14-6-2-3-9-21(14)15-11-19(12-15)13-16-10-18-17(22-16)20-7-4-5-8-20/h10,14-15H,2-9,11-13H2,1H3/t14-/m1/s1. The molecule has 1 aromatic heterocycles. The molecular formula is C17H28N4S. The van der Waals surface area contributed by atoms with E-state index in [-0.39, 0.29) is 0 Å². The second-order valence-corrected chi connectivity index (χ2v) is 8.33. The zero-order valence-corrected chi connectivity index (χ0v) is 14.5. The molecule has 0 aliphatic carbocycles. The summed E-state index contributed by atoms with van der Waals surface area (Å²) in [6.07, 6.45) is 8.98. The Kier molecular flexibility index (Phi) is 4.38. The third kappa shape index (κ3) is 3.03. The minimum Gasteiger partial charge on any atom is -0.348 e. The lowest BCUT2D eigenvalue weighted by Gasteiger charge is -2.49. The summed E-state index contributed by atoms with van der Waals surface area (Å²) in [7, 11) is 0. The van der Waals surface area contributed by atoms with Crippen molar-refractivity contribution in [2.45, 2.75) is 57.7 Å². The van der Waals surface area contributed by atoms with Gasteiger partial charge in [-0.15, -0.1) is 11.3 Å². The highest BCUT2D eigenvalue weighted by molar-refractivity contribution is 7.15. The summed E-state index contributed by atoms with van der Waals surface area (Å²) >= 11 is 1.90. The minimum absolute atomic E-state index is 0.797. The molecule has 22 heavy (non-hydrogen) atoms. The minimum atomic E-state index is 0.797. The molecule has 0 amide bonds. The van der Waals surface area contributed by atoms with Gasteiger partial charge in [-0.2, -0.15) is 0 Å². The summed E-state index contributed by atoms with van der Waals surface area (Å²) in [6.45, 7) is 9.73. The van der Waals surface area contributed by atoms with Gasteiger partial charge in [-0.25, -0.2) is 4.98 Å². The van der Waals surface area contributed by atoms with Crippen LogP contribution in [0.15, 0.2) is 6.20 Å². The van der Waals surface area contributed by atoms with Crippen LogP contribution in [-0.2, 0) is 6.54 Å². The molecule has 0 radical (unpaired) electrons. The summed E-state index contributed by atoms with van der Waals surface area (Å²) < 4.78 is 0. The van der Waals surface area contributed by atoms with Gasteiger partial charge in [-0.1, -0.05) is 6.42 Å². The number of anilines is 1. The maximum atomic E-state index is 4.64. The van der Waals surface area contributed by atoms with Gasteiger partial charge in [0, 0.05) is 55.9 Å². The van der Waals surface area contributed by atoms with Gasteiger partial charge in [0.05, 0.1) is 0 Å². The second kappa shape index (κ2) is 6.46. The van der Waals surface area contributed by atoms with Gasteiger partial charge in [-0.05, 0) is 39.2 Å². The second-order valence-electron chi connectivity index (χ2n) is 7.23. The Hall–Kier alpha value is -0.650. The Morgan fingerprint density at radius 2 is 1.91 bits per heavy atom. The molecule has 3 fully saturated rings. The van der Waals surface area contributed by atoms with E-state index in [1.807, 2.05) is 11.3 Å². The first kappa shape index (κ1) is 14.9. The largest absolute Gasteiger partial charge is 0.348 e. The third-order valence-corrected chi connectivity index (χ3v) is 6.60. The number of hydrogen-bond donors (Lipinski definition) is 0. The molecule has 0 bridgehead atoms. The molecule has 3 saturated heterocycles. The van der Waals surface area contributed by atoms with Crippen molar-refractivity contribution < 1.29 is 0 Å². The molecular weight excluding hydrogens is 292 g/mol. The van der Waals surface area contributed by atoms with Crippen LogP contribution in [0.4, 0.5) is 5.13 Å². The van der Waals surface area contributed by atoms with Crippen LogP contribution < -0.4 is 4.90 Å². The maximum Gasteiger partial charge on any atom is 0.185 e. The number of thiazole rings is 1. The van der Waals surface area contributed by atoms with Crippen LogP contribution in [0, 0.1) is 0 Å². The lowest BCUT2D eigenvalue weighted by atomic mass is 9.97. The van der Waals surface area contributed by atoms with Gasteiger partial charge in [-0.3, -0.25) is 9.80 Å². The fourth-order valence-electron chi connectivity index (χ4n) is 4.19. The van der Waals surface area contributed by atoms with Gasteiger partial charge in [0.1, 0.15) is 0 Å². The van der Waals surface area contributed by atoms with Crippen LogP contribution in [0.5, 0.6) is 0 Å². The predicted octanol–water partition coefficient (Wildman–Crippen LogP) is 2.80. The van der Waals surface area contributed by atoms with E-state index in [1.165, 1.54) is 74.8 Å². The summed E-state index contributed by atoms with van der Waals surface area (Å²) in [5, 5.41) is 1.24. The molecule has 0 saturated carbocycles. The van der Waals surface area contributed by atoms with E-state index in [0.717, 1.165) is 18.6 Å². The summed E-state index contributed by atoms with van der Waals surface area (Å²) in [6, 6.07) is 1.60. The first-order chi connectivity index (χ1) is 10.8. The average Bonchev–Trinajstić information content (AvgIpc) is 3.14. The van der Waals surface area contributed by atoms with E-state index in [9.17, 15) is 0 Å². The molecule has 3 aliphatic rings. The number of piperidine rings is 1. The highest BCUT2D eigenvalue weighted by Gasteiger charge is 2.35. The van der Waals surface area contributed by atoms with Crippen molar-refractivity contribution in [2.75, 3.05) is 37.6 Å². The van der Waals surface area contributed by atoms with Crippen LogP contribution in [0.3, 0.4) is 0 Å². The molecule has 4 nitrogen and oxygen atoms in total. The Morgan fingerprint density at radius 3 is 2.68 bits per heavy atom. The van der Waals surface area contributed by atoms with Gasteiger partial charge in [0.15, 0.2) is 5.13 Å². The predicted molar refractivity (Wildman–Crippen MR) is 92.6 cm³/mol. The first-order valence-corrected chi connectivity index (χ1v) is 9.79. The lowest BCUT2D eigenvalue weighted by Crippen LogP contribution is -2.61. The van der Waals surface area contributed by atoms with E-state index in [1.54, 1.807) is 0 Å². The van der Waals surface area contributed by atoms with Crippen molar-refractivity contribution in [1.29, 1.82) is 0 Å². The van der Waals surface area contributed by atoms with Gasteiger partial charge in [0.2, 0.25) is 0 Å². The Morgan fingerprint density at radius 1 is 1.14 bits per heavy atom. The molecule has 0 aromatic carbocycles. The van der Waals surface area contributed by atoms with Crippen molar-refractivity contribution >= 4 is 16.5 Å². The molecule has 5 heteroatoms. The van der Waals surface area contributed by atoms with Crippen LogP contribution in [0.25, 0.3) is 0 Å². The summed E-state index contributed by atoms with van der Waals surface area (Å²) in [5.74, 6) is 0. The quantitative estimate of drug-likeness (QED) is 0.851. The maximum absolute atomic E-state index is 4.64. The smallest absolute Gasteiger partial charge is 0.185 e. The zero-order valence-electron chi connectivity index (χ0n) is 13.7. The molecule has 122 valence electrons. The van der Waals surface area contributed by atoms with Gasteiger partial charge < -0.3 is 4.90 Å². The number of aromatic nitrogens is 1. The van der Waals surface area contributed by atoms with Crippen LogP contribution >= 0.6 is 11.3 Å². The van der Waals surface area contributed by atoms with Crippen molar-refractivity contribution in [3.63, 3.8) is 0 Å². The Balaban J connectivity index is 1.27. The fraction of sp³-hybridized carbons (Fsp3) is 0.824. The van der Waals surface area contributed by atoms with Gasteiger partial charge >= 0.3 is 0 Å². The Bertz CT molecular complexity index is 491. The van der Waals surface area contributed by atoms with E-state index in [2.05, 4.69) is 32.8 Å². The molecule has 0 N–H and O–H groups in total. The molecule has 1 atom stereocenters.